The van der Waals surface area contributed by atoms with Crippen LogP contribution in [0.2, 0.25) is 0 Å². The first-order valence-electron chi connectivity index (χ1n) is 10.6. The Balaban J connectivity index is 1.72. The van der Waals surface area contributed by atoms with Crippen molar-refractivity contribution in [3.63, 3.8) is 0 Å². The summed E-state index contributed by atoms with van der Waals surface area (Å²) in [5, 5.41) is 8.49. The number of aliphatic imine (C=N–C) groups is 1. The minimum absolute atomic E-state index is 0.0136. The van der Waals surface area contributed by atoms with E-state index in [0.717, 1.165) is 29.9 Å². The summed E-state index contributed by atoms with van der Waals surface area (Å²) >= 11 is 1.68. The Morgan fingerprint density at radius 2 is 2.03 bits per heavy atom. The highest BCUT2D eigenvalue weighted by atomic mass is 32.1. The number of nitrogens with zero attached hydrogens (tertiary/aromatic N) is 2. The van der Waals surface area contributed by atoms with E-state index in [1.54, 1.807) is 37.4 Å². The zero-order valence-electron chi connectivity index (χ0n) is 18.5. The molecule has 7 nitrogen and oxygen atoms in total. The summed E-state index contributed by atoms with van der Waals surface area (Å²) in [5.41, 5.74) is 0.990. The van der Waals surface area contributed by atoms with Crippen molar-refractivity contribution in [1.82, 2.24) is 15.5 Å². The summed E-state index contributed by atoms with van der Waals surface area (Å²) in [5.74, 6) is 2.16. The third-order valence-electron chi connectivity index (χ3n) is 5.19. The number of thiophene rings is 1. The monoisotopic (exact) mass is 444 g/mol. The second-order valence-electron chi connectivity index (χ2n) is 7.74. The van der Waals surface area contributed by atoms with E-state index < -0.39 is 0 Å². The van der Waals surface area contributed by atoms with Crippen LogP contribution < -0.4 is 20.1 Å². The first-order chi connectivity index (χ1) is 15.0. The van der Waals surface area contributed by atoms with Crippen LogP contribution in [0, 0.1) is 0 Å². The van der Waals surface area contributed by atoms with Gasteiger partial charge in [-0.15, -0.1) is 11.3 Å². The van der Waals surface area contributed by atoms with Gasteiger partial charge in [-0.25, -0.2) is 4.99 Å². The third-order valence-corrected chi connectivity index (χ3v) is 6.07. The molecule has 0 unspecified atom stereocenters. The molecule has 8 heteroatoms. The van der Waals surface area contributed by atoms with E-state index in [4.69, 9.17) is 14.5 Å². The van der Waals surface area contributed by atoms with Crippen molar-refractivity contribution in [2.75, 3.05) is 27.7 Å². The van der Waals surface area contributed by atoms with Crippen molar-refractivity contribution in [1.29, 1.82) is 0 Å². The average Bonchev–Trinajstić information content (AvgIpc) is 3.47. The van der Waals surface area contributed by atoms with Crippen molar-refractivity contribution in [2.24, 2.45) is 4.99 Å². The lowest BCUT2D eigenvalue weighted by atomic mass is 10.2. The largest absolute Gasteiger partial charge is 0.497 e. The third kappa shape index (κ3) is 7.17. The second-order valence-corrected chi connectivity index (χ2v) is 8.77. The summed E-state index contributed by atoms with van der Waals surface area (Å²) in [4.78, 5) is 19.5. The molecule has 3 rings (SSSR count). The topological polar surface area (TPSA) is 75.2 Å². The molecule has 1 aliphatic rings. The van der Waals surface area contributed by atoms with E-state index in [-0.39, 0.29) is 18.6 Å². The summed E-state index contributed by atoms with van der Waals surface area (Å²) in [7, 11) is 5.14. The fourth-order valence-electron chi connectivity index (χ4n) is 3.33. The van der Waals surface area contributed by atoms with Crippen LogP contribution in [0.1, 0.15) is 36.1 Å². The maximum absolute atomic E-state index is 12.0. The maximum Gasteiger partial charge on any atom is 0.241 e. The van der Waals surface area contributed by atoms with Crippen molar-refractivity contribution in [3.05, 3.63) is 46.2 Å². The molecule has 31 heavy (non-hydrogen) atoms. The van der Waals surface area contributed by atoms with Gasteiger partial charge in [-0.05, 0) is 49.3 Å². The van der Waals surface area contributed by atoms with Gasteiger partial charge in [-0.2, -0.15) is 0 Å². The summed E-state index contributed by atoms with van der Waals surface area (Å²) in [6.45, 7) is 1.26. The fraction of sp³-hybridized carbons (Fsp3) is 0.478. The first-order valence-corrected chi connectivity index (χ1v) is 11.5. The molecule has 1 heterocycles. The van der Waals surface area contributed by atoms with Crippen LogP contribution in [-0.2, 0) is 17.9 Å². The second kappa shape index (κ2) is 11.6. The number of carbonyl (C=O) groups excluding carboxylic acids is 1. The molecule has 1 aromatic carbocycles. The Hall–Kier alpha value is -2.74. The Labute approximate surface area is 188 Å². The highest BCUT2D eigenvalue weighted by molar-refractivity contribution is 7.09. The first kappa shape index (κ1) is 22.9. The summed E-state index contributed by atoms with van der Waals surface area (Å²) < 4.78 is 11.7. The molecule has 0 bridgehead atoms. The van der Waals surface area contributed by atoms with Gasteiger partial charge in [0.05, 0.1) is 32.8 Å². The van der Waals surface area contributed by atoms with Crippen molar-refractivity contribution >= 4 is 23.2 Å². The van der Waals surface area contributed by atoms with Gasteiger partial charge < -0.3 is 25.0 Å². The zero-order valence-corrected chi connectivity index (χ0v) is 19.3. The number of carbonyl (C=O) groups is 1. The molecule has 0 saturated heterocycles. The highest BCUT2D eigenvalue weighted by Crippen LogP contribution is 2.30. The van der Waals surface area contributed by atoms with E-state index in [2.05, 4.69) is 16.7 Å². The number of likely N-dealkylation sites (N-methyl/N-ethyl adjacent to an activating group) is 1. The smallest absolute Gasteiger partial charge is 0.241 e. The number of hydrogen-bond acceptors (Lipinski definition) is 5. The van der Waals surface area contributed by atoms with E-state index in [9.17, 15) is 4.79 Å². The van der Waals surface area contributed by atoms with Gasteiger partial charge in [-0.3, -0.25) is 4.79 Å². The van der Waals surface area contributed by atoms with Crippen LogP contribution in [-0.4, -0.2) is 50.6 Å². The van der Waals surface area contributed by atoms with E-state index in [0.29, 0.717) is 19.0 Å². The van der Waals surface area contributed by atoms with E-state index in [1.165, 1.54) is 17.7 Å². The van der Waals surface area contributed by atoms with Gasteiger partial charge in [0.1, 0.15) is 11.5 Å². The predicted octanol–water partition coefficient (Wildman–Crippen LogP) is 3.40. The van der Waals surface area contributed by atoms with Crippen LogP contribution >= 0.6 is 11.3 Å². The SMILES string of the molecule is COc1ccc(CN=C(NCC(=O)N(C)C)NCc2cccs2)c(OC2CCCC2)c1. The number of guanidine groups is 1. The molecular weight excluding hydrogens is 412 g/mol. The lowest BCUT2D eigenvalue weighted by Gasteiger charge is -2.18. The normalized spacial score (nSPS) is 14.4. The van der Waals surface area contributed by atoms with Gasteiger partial charge >= 0.3 is 0 Å². The number of nitrogens with one attached hydrogen (secondary N) is 2. The lowest BCUT2D eigenvalue weighted by molar-refractivity contribution is -0.127. The van der Waals surface area contributed by atoms with Crippen LogP contribution in [0.3, 0.4) is 0 Å². The highest BCUT2D eigenvalue weighted by Gasteiger charge is 2.18. The number of benzene rings is 1. The Bertz CT molecular complexity index is 862. The Morgan fingerprint density at radius 3 is 2.71 bits per heavy atom. The van der Waals surface area contributed by atoms with Gasteiger partial charge in [-0.1, -0.05) is 6.07 Å². The maximum atomic E-state index is 12.0. The molecule has 1 amide bonds. The molecule has 2 aromatic rings. The standard InChI is InChI=1S/C23H32N4O3S/c1-27(2)22(28)16-26-23(25-15-20-9-6-12-31-20)24-14-17-10-11-19(29-3)13-21(17)30-18-7-4-5-8-18/h6,9-13,18H,4-5,7-8,14-16H2,1-3H3,(H2,24,25,26). The molecule has 1 aliphatic carbocycles. The van der Waals surface area contributed by atoms with Crippen LogP contribution in [0.4, 0.5) is 0 Å². The van der Waals surface area contributed by atoms with Crippen molar-refractivity contribution in [2.45, 2.75) is 44.9 Å². The van der Waals surface area contributed by atoms with Crippen molar-refractivity contribution in [3.8, 4) is 11.5 Å². The minimum atomic E-state index is -0.0136. The van der Waals surface area contributed by atoms with E-state index in [1.807, 2.05) is 29.6 Å². The molecule has 1 aromatic heterocycles. The molecule has 0 aliphatic heterocycles. The lowest BCUT2D eigenvalue weighted by Crippen LogP contribution is -2.42. The van der Waals surface area contributed by atoms with Crippen LogP contribution in [0.5, 0.6) is 11.5 Å². The fourth-order valence-corrected chi connectivity index (χ4v) is 3.97. The summed E-state index contributed by atoms with van der Waals surface area (Å²) in [6, 6.07) is 9.94. The minimum Gasteiger partial charge on any atom is -0.497 e. The molecule has 168 valence electrons. The average molecular weight is 445 g/mol. The summed E-state index contributed by atoms with van der Waals surface area (Å²) in [6.07, 6.45) is 4.84. The molecule has 0 spiro atoms. The van der Waals surface area contributed by atoms with Gasteiger partial charge in [0.2, 0.25) is 5.91 Å². The quantitative estimate of drug-likeness (QED) is 0.458. The molecule has 2 N–H and O–H groups in total. The number of hydrogen-bond donors (Lipinski definition) is 2. The number of methoxy groups -OCH3 is 1. The molecule has 0 radical (unpaired) electrons. The number of ether oxygens (including phenoxy) is 2. The predicted molar refractivity (Wildman–Crippen MR) is 125 cm³/mol. The molecular formula is C23H32N4O3S. The van der Waals surface area contributed by atoms with Gasteiger partial charge in [0, 0.05) is 30.6 Å². The molecule has 0 atom stereocenters. The van der Waals surface area contributed by atoms with Crippen molar-refractivity contribution < 1.29 is 14.3 Å². The Morgan fingerprint density at radius 1 is 1.23 bits per heavy atom. The van der Waals surface area contributed by atoms with E-state index >= 15 is 0 Å². The molecule has 1 fully saturated rings. The molecule has 1 saturated carbocycles. The van der Waals surface area contributed by atoms with Crippen LogP contribution in [0.25, 0.3) is 0 Å². The van der Waals surface area contributed by atoms with Crippen LogP contribution in [0.15, 0.2) is 40.7 Å². The van der Waals surface area contributed by atoms with Gasteiger partial charge in [0.25, 0.3) is 0 Å². The zero-order chi connectivity index (χ0) is 22.1. The number of rotatable bonds is 9. The number of amides is 1. The van der Waals surface area contributed by atoms with Gasteiger partial charge in [0.15, 0.2) is 5.96 Å². The Kier molecular flexibility index (Phi) is 8.58.